The van der Waals surface area contributed by atoms with Crippen molar-refractivity contribution in [1.82, 2.24) is 0 Å². The van der Waals surface area contributed by atoms with Gasteiger partial charge in [-0.25, -0.2) is 4.79 Å². The summed E-state index contributed by atoms with van der Waals surface area (Å²) in [6.07, 6.45) is 0.845. The van der Waals surface area contributed by atoms with Crippen molar-refractivity contribution in [1.29, 1.82) is 0 Å². The first-order valence-corrected chi connectivity index (χ1v) is 9.96. The Morgan fingerprint density at radius 2 is 1.81 bits per heavy atom. The molecular weight excluding hydrogens is 398 g/mol. The number of benzene rings is 3. The van der Waals surface area contributed by atoms with Gasteiger partial charge < -0.3 is 15.4 Å². The predicted molar refractivity (Wildman–Crippen MR) is 117 cm³/mol. The molecule has 1 saturated carbocycles. The van der Waals surface area contributed by atoms with E-state index in [2.05, 4.69) is 10.6 Å². The van der Waals surface area contributed by atoms with Crippen molar-refractivity contribution in [2.75, 3.05) is 10.6 Å². The third-order valence-corrected chi connectivity index (χ3v) is 5.04. The minimum absolute atomic E-state index is 0.0124. The number of carbonyl (C=O) groups is 2. The van der Waals surface area contributed by atoms with E-state index in [0.717, 1.165) is 23.6 Å². The number of carbonyl (C=O) groups excluding carboxylic acids is 2. The number of nitro groups is 1. The van der Waals surface area contributed by atoms with Gasteiger partial charge in [-0.3, -0.25) is 14.9 Å². The van der Waals surface area contributed by atoms with Gasteiger partial charge in [0.1, 0.15) is 5.69 Å². The molecule has 8 nitrogen and oxygen atoms in total. The molecule has 158 valence electrons. The molecule has 3 aromatic carbocycles. The topological polar surface area (TPSA) is 111 Å². The zero-order valence-electron chi connectivity index (χ0n) is 16.8. The summed E-state index contributed by atoms with van der Waals surface area (Å²) in [5.41, 5.74) is 0.761. The molecule has 1 amide bonds. The van der Waals surface area contributed by atoms with Crippen molar-refractivity contribution in [2.24, 2.45) is 0 Å². The van der Waals surface area contributed by atoms with Crippen LogP contribution in [0.5, 0.6) is 0 Å². The van der Waals surface area contributed by atoms with Gasteiger partial charge >= 0.3 is 5.97 Å². The monoisotopic (exact) mass is 419 g/mol. The third kappa shape index (κ3) is 4.80. The van der Waals surface area contributed by atoms with E-state index >= 15 is 0 Å². The van der Waals surface area contributed by atoms with Gasteiger partial charge in [0.25, 0.3) is 11.6 Å². The maximum absolute atomic E-state index is 12.5. The first-order chi connectivity index (χ1) is 14.9. The fraction of sp³-hybridized carbons (Fsp3) is 0.217. The van der Waals surface area contributed by atoms with Crippen molar-refractivity contribution in [3.63, 3.8) is 0 Å². The predicted octanol–water partition coefficient (Wildman–Crippen LogP) is 4.51. The lowest BCUT2D eigenvalue weighted by Crippen LogP contribution is -2.30. The lowest BCUT2D eigenvalue weighted by atomic mass is 10.1. The van der Waals surface area contributed by atoms with Crippen LogP contribution in [0.25, 0.3) is 10.8 Å². The molecule has 3 aromatic rings. The molecule has 2 N–H and O–H groups in total. The molecule has 0 heterocycles. The average molecular weight is 419 g/mol. The van der Waals surface area contributed by atoms with E-state index in [1.165, 1.54) is 25.1 Å². The molecule has 1 fully saturated rings. The van der Waals surface area contributed by atoms with Crippen LogP contribution in [0.15, 0.2) is 60.7 Å². The molecular formula is C23H21N3O5. The van der Waals surface area contributed by atoms with Gasteiger partial charge in [-0.15, -0.1) is 0 Å². The van der Waals surface area contributed by atoms with Crippen LogP contribution in [-0.4, -0.2) is 28.9 Å². The zero-order chi connectivity index (χ0) is 22.0. The molecule has 0 spiro atoms. The molecule has 0 aromatic heterocycles. The number of hydrogen-bond acceptors (Lipinski definition) is 6. The van der Waals surface area contributed by atoms with Crippen LogP contribution in [0.1, 0.15) is 30.1 Å². The lowest BCUT2D eigenvalue weighted by Gasteiger charge is -2.14. The molecule has 0 aliphatic heterocycles. The highest BCUT2D eigenvalue weighted by Crippen LogP contribution is 2.31. The molecule has 0 bridgehead atoms. The van der Waals surface area contributed by atoms with Crippen LogP contribution in [0.4, 0.5) is 17.1 Å². The summed E-state index contributed by atoms with van der Waals surface area (Å²) in [6.45, 7) is 1.45. The second-order valence-corrected chi connectivity index (χ2v) is 7.51. The summed E-state index contributed by atoms with van der Waals surface area (Å²) in [5, 5.41) is 19.2. The zero-order valence-corrected chi connectivity index (χ0v) is 16.8. The Kier molecular flexibility index (Phi) is 5.53. The van der Waals surface area contributed by atoms with Gasteiger partial charge in [0, 0.05) is 17.8 Å². The van der Waals surface area contributed by atoms with Crippen molar-refractivity contribution in [3.8, 4) is 0 Å². The minimum atomic E-state index is -1.08. The van der Waals surface area contributed by atoms with Crippen LogP contribution < -0.4 is 10.6 Å². The summed E-state index contributed by atoms with van der Waals surface area (Å²) in [4.78, 5) is 35.8. The maximum atomic E-state index is 12.5. The van der Waals surface area contributed by atoms with E-state index in [-0.39, 0.29) is 17.3 Å². The smallest absolute Gasteiger partial charge is 0.339 e. The molecule has 1 aliphatic carbocycles. The second-order valence-electron chi connectivity index (χ2n) is 7.51. The summed E-state index contributed by atoms with van der Waals surface area (Å²) >= 11 is 0. The van der Waals surface area contributed by atoms with E-state index in [9.17, 15) is 19.7 Å². The van der Waals surface area contributed by atoms with E-state index in [1.54, 1.807) is 6.07 Å². The normalized spacial score (nSPS) is 14.0. The van der Waals surface area contributed by atoms with Crippen molar-refractivity contribution in [2.45, 2.75) is 31.9 Å². The number of esters is 1. The number of fused-ring (bicyclic) bond motifs is 1. The standard InChI is InChI=1S/C23H21N3O5/c1-14(22(27)25-19-8-6-15-4-2-3-5-16(15)12-19)31-23(28)17-7-11-20(24-18-9-10-18)21(13-17)26(29)30/h2-8,11-14,18,24H,9-10H2,1H3,(H,25,27)/t14-/m0/s1. The van der Waals surface area contributed by atoms with E-state index in [4.69, 9.17) is 4.74 Å². The van der Waals surface area contributed by atoms with Gasteiger partial charge in [0.15, 0.2) is 6.10 Å². The largest absolute Gasteiger partial charge is 0.449 e. The van der Waals surface area contributed by atoms with Crippen molar-refractivity contribution >= 4 is 39.7 Å². The van der Waals surface area contributed by atoms with Crippen molar-refractivity contribution < 1.29 is 19.2 Å². The highest BCUT2D eigenvalue weighted by Gasteiger charge is 2.26. The van der Waals surface area contributed by atoms with Crippen LogP contribution >= 0.6 is 0 Å². The van der Waals surface area contributed by atoms with Crippen LogP contribution in [0, 0.1) is 10.1 Å². The van der Waals surface area contributed by atoms with E-state index in [1.807, 2.05) is 36.4 Å². The van der Waals surface area contributed by atoms with Crippen LogP contribution in [0.3, 0.4) is 0 Å². The molecule has 1 atom stereocenters. The van der Waals surface area contributed by atoms with E-state index < -0.39 is 22.9 Å². The number of rotatable bonds is 7. The van der Waals surface area contributed by atoms with Crippen LogP contribution in [0.2, 0.25) is 0 Å². The molecule has 4 rings (SSSR count). The number of amides is 1. The Balaban J connectivity index is 1.42. The number of hydrogen-bond donors (Lipinski definition) is 2. The number of nitro benzene ring substituents is 1. The number of nitrogens with one attached hydrogen (secondary N) is 2. The summed E-state index contributed by atoms with van der Waals surface area (Å²) in [6, 6.07) is 17.6. The Hall–Kier alpha value is -3.94. The van der Waals surface area contributed by atoms with Gasteiger partial charge in [0.2, 0.25) is 0 Å². The Bertz CT molecular complexity index is 1170. The van der Waals surface area contributed by atoms with Gasteiger partial charge in [-0.2, -0.15) is 0 Å². The quantitative estimate of drug-likeness (QED) is 0.331. The fourth-order valence-corrected chi connectivity index (χ4v) is 3.17. The van der Waals surface area contributed by atoms with Gasteiger partial charge in [0.05, 0.1) is 10.5 Å². The minimum Gasteiger partial charge on any atom is -0.449 e. The Morgan fingerprint density at radius 3 is 2.52 bits per heavy atom. The molecule has 0 saturated heterocycles. The molecule has 31 heavy (non-hydrogen) atoms. The number of ether oxygens (including phenoxy) is 1. The van der Waals surface area contributed by atoms with E-state index in [0.29, 0.717) is 11.4 Å². The number of anilines is 2. The molecule has 0 radical (unpaired) electrons. The average Bonchev–Trinajstić information content (AvgIpc) is 3.57. The fourth-order valence-electron chi connectivity index (χ4n) is 3.17. The Morgan fingerprint density at radius 1 is 1.06 bits per heavy atom. The SMILES string of the molecule is C[C@H](OC(=O)c1ccc(NC2CC2)c([N+](=O)[O-])c1)C(=O)Nc1ccc2ccccc2c1. The Labute approximate surface area is 178 Å². The van der Waals surface area contributed by atoms with Gasteiger partial charge in [-0.1, -0.05) is 30.3 Å². The third-order valence-electron chi connectivity index (χ3n) is 5.04. The summed E-state index contributed by atoms with van der Waals surface area (Å²) < 4.78 is 5.23. The first kappa shape index (κ1) is 20.3. The van der Waals surface area contributed by atoms with Crippen LogP contribution in [-0.2, 0) is 9.53 Å². The summed E-state index contributed by atoms with van der Waals surface area (Å²) in [5.74, 6) is -1.30. The highest BCUT2D eigenvalue weighted by molar-refractivity contribution is 5.99. The molecule has 0 unspecified atom stereocenters. The lowest BCUT2D eigenvalue weighted by molar-refractivity contribution is -0.384. The van der Waals surface area contributed by atoms with Crippen molar-refractivity contribution in [3.05, 3.63) is 76.3 Å². The molecule has 1 aliphatic rings. The number of nitrogens with zero attached hydrogens (tertiary/aromatic N) is 1. The summed E-state index contributed by atoms with van der Waals surface area (Å²) in [7, 11) is 0. The van der Waals surface area contributed by atoms with Gasteiger partial charge in [-0.05, 0) is 54.8 Å². The second kappa shape index (κ2) is 8.43. The molecule has 8 heteroatoms. The maximum Gasteiger partial charge on any atom is 0.339 e. The first-order valence-electron chi connectivity index (χ1n) is 9.96. The highest BCUT2D eigenvalue weighted by atomic mass is 16.6.